The second-order valence-electron chi connectivity index (χ2n) is 3.38. The van der Waals surface area contributed by atoms with Crippen molar-refractivity contribution < 1.29 is 14.1 Å². The summed E-state index contributed by atoms with van der Waals surface area (Å²) in [5, 5.41) is 11.7. The molecule has 0 spiro atoms. The standard InChI is InChI=1S/C8H15NO3S/c1-13(12)5-4-9-7(8(10)11)6-2-3-6/h6-7,9H,2-5H2,1H3,(H,10,11). The first-order chi connectivity index (χ1) is 6.11. The van der Waals surface area contributed by atoms with Gasteiger partial charge in [0.1, 0.15) is 6.04 Å². The Kier molecular flexibility index (Phi) is 3.87. The van der Waals surface area contributed by atoms with Gasteiger partial charge in [-0.2, -0.15) is 0 Å². The lowest BCUT2D eigenvalue weighted by Gasteiger charge is -2.12. The monoisotopic (exact) mass is 205 g/mol. The normalized spacial score (nSPS) is 21.0. The van der Waals surface area contributed by atoms with E-state index in [1.807, 2.05) is 0 Å². The number of aliphatic carboxylic acids is 1. The smallest absolute Gasteiger partial charge is 0.320 e. The number of carboxylic acids is 1. The number of carbonyl (C=O) groups is 1. The molecule has 2 N–H and O–H groups in total. The van der Waals surface area contributed by atoms with E-state index in [-0.39, 0.29) is 0 Å². The van der Waals surface area contributed by atoms with E-state index in [0.29, 0.717) is 18.2 Å². The van der Waals surface area contributed by atoms with Crippen molar-refractivity contribution >= 4 is 16.8 Å². The number of rotatable bonds is 6. The summed E-state index contributed by atoms with van der Waals surface area (Å²) in [5.41, 5.74) is 0. The molecule has 0 radical (unpaired) electrons. The first-order valence-electron chi connectivity index (χ1n) is 4.37. The molecule has 1 fully saturated rings. The topological polar surface area (TPSA) is 66.4 Å². The van der Waals surface area contributed by atoms with Gasteiger partial charge in [0.25, 0.3) is 0 Å². The fourth-order valence-electron chi connectivity index (χ4n) is 1.24. The minimum atomic E-state index is -0.843. The van der Waals surface area contributed by atoms with Crippen LogP contribution in [0.1, 0.15) is 12.8 Å². The Morgan fingerprint density at radius 3 is 2.69 bits per heavy atom. The van der Waals surface area contributed by atoms with Crippen molar-refractivity contribution in [3.05, 3.63) is 0 Å². The summed E-state index contributed by atoms with van der Waals surface area (Å²) in [6.45, 7) is 0.524. The average Bonchev–Trinajstić information content (AvgIpc) is 2.79. The predicted molar refractivity (Wildman–Crippen MR) is 51.1 cm³/mol. The zero-order valence-corrected chi connectivity index (χ0v) is 8.47. The minimum absolute atomic E-state index is 0.294. The van der Waals surface area contributed by atoms with Gasteiger partial charge in [-0.1, -0.05) is 0 Å². The van der Waals surface area contributed by atoms with Gasteiger partial charge in [0.15, 0.2) is 0 Å². The molecule has 2 atom stereocenters. The Bertz CT molecular complexity index is 215. The van der Waals surface area contributed by atoms with Crippen LogP contribution in [0.4, 0.5) is 0 Å². The lowest BCUT2D eigenvalue weighted by molar-refractivity contribution is -0.140. The lowest BCUT2D eigenvalue weighted by Crippen LogP contribution is -2.40. The number of nitrogens with one attached hydrogen (secondary N) is 1. The van der Waals surface area contributed by atoms with Crippen molar-refractivity contribution in [1.29, 1.82) is 0 Å². The summed E-state index contributed by atoms with van der Waals surface area (Å²) >= 11 is 0. The zero-order chi connectivity index (χ0) is 9.84. The third kappa shape index (κ3) is 3.87. The maximum Gasteiger partial charge on any atom is 0.320 e. The van der Waals surface area contributed by atoms with E-state index >= 15 is 0 Å². The summed E-state index contributed by atoms with van der Waals surface area (Å²) < 4.78 is 10.7. The third-order valence-electron chi connectivity index (χ3n) is 2.11. The predicted octanol–water partition coefficient (Wildman–Crippen LogP) is -0.182. The van der Waals surface area contributed by atoms with Crippen LogP contribution in [0.15, 0.2) is 0 Å². The first kappa shape index (κ1) is 10.7. The Hall–Kier alpha value is -0.420. The Morgan fingerprint density at radius 1 is 1.69 bits per heavy atom. The molecule has 4 nitrogen and oxygen atoms in total. The molecular weight excluding hydrogens is 190 g/mol. The van der Waals surface area contributed by atoms with Gasteiger partial charge in [-0.25, -0.2) is 0 Å². The van der Waals surface area contributed by atoms with E-state index in [2.05, 4.69) is 5.32 Å². The summed E-state index contributed by atoms with van der Waals surface area (Å²) in [6, 6.07) is -0.427. The molecule has 1 rings (SSSR count). The van der Waals surface area contributed by atoms with Gasteiger partial charge in [-0.05, 0) is 18.8 Å². The third-order valence-corrected chi connectivity index (χ3v) is 2.89. The summed E-state index contributed by atoms with van der Waals surface area (Å²) in [5.74, 6) is 0.0310. The highest BCUT2D eigenvalue weighted by atomic mass is 32.2. The summed E-state index contributed by atoms with van der Waals surface area (Å²) in [6.07, 6.45) is 3.62. The molecule has 0 aromatic carbocycles. The molecule has 0 aliphatic heterocycles. The molecule has 0 heterocycles. The minimum Gasteiger partial charge on any atom is -0.480 e. The highest BCUT2D eigenvalue weighted by Crippen LogP contribution is 2.32. The number of hydrogen-bond donors (Lipinski definition) is 2. The number of hydrogen-bond acceptors (Lipinski definition) is 3. The molecule has 5 heteroatoms. The SMILES string of the molecule is CS(=O)CCNC(C(=O)O)C1CC1. The molecule has 1 aliphatic rings. The molecule has 0 aromatic rings. The number of carboxylic acid groups (broad SMARTS) is 1. The molecule has 0 bridgehead atoms. The van der Waals surface area contributed by atoms with Crippen LogP contribution in [0.2, 0.25) is 0 Å². The van der Waals surface area contributed by atoms with E-state index in [0.717, 1.165) is 12.8 Å². The molecule has 0 amide bonds. The second-order valence-corrected chi connectivity index (χ2v) is 4.94. The molecule has 1 aliphatic carbocycles. The maximum absolute atomic E-state index is 10.7. The van der Waals surface area contributed by atoms with Crippen LogP contribution >= 0.6 is 0 Å². The maximum atomic E-state index is 10.7. The summed E-state index contributed by atoms with van der Waals surface area (Å²) in [7, 11) is -0.843. The average molecular weight is 205 g/mol. The van der Waals surface area contributed by atoms with Gasteiger partial charge in [-0.3, -0.25) is 9.00 Å². The Balaban J connectivity index is 2.22. The van der Waals surface area contributed by atoms with Crippen LogP contribution in [0.25, 0.3) is 0 Å². The van der Waals surface area contributed by atoms with Crippen molar-refractivity contribution in [2.45, 2.75) is 18.9 Å². The molecule has 13 heavy (non-hydrogen) atoms. The second kappa shape index (κ2) is 4.72. The van der Waals surface area contributed by atoms with E-state index in [1.54, 1.807) is 6.26 Å². The fraction of sp³-hybridized carbons (Fsp3) is 0.875. The van der Waals surface area contributed by atoms with Crippen molar-refractivity contribution in [2.24, 2.45) is 5.92 Å². The van der Waals surface area contributed by atoms with Crippen molar-refractivity contribution in [1.82, 2.24) is 5.32 Å². The van der Waals surface area contributed by atoms with E-state index < -0.39 is 22.8 Å². The van der Waals surface area contributed by atoms with Crippen LogP contribution in [0.5, 0.6) is 0 Å². The van der Waals surface area contributed by atoms with E-state index in [1.165, 1.54) is 0 Å². The zero-order valence-electron chi connectivity index (χ0n) is 7.66. The van der Waals surface area contributed by atoms with Gasteiger partial charge < -0.3 is 10.4 Å². The first-order valence-corrected chi connectivity index (χ1v) is 6.10. The van der Waals surface area contributed by atoms with Crippen LogP contribution < -0.4 is 5.32 Å². The highest BCUT2D eigenvalue weighted by molar-refractivity contribution is 7.84. The molecule has 1 saturated carbocycles. The Labute approximate surface area is 80.2 Å². The highest BCUT2D eigenvalue weighted by Gasteiger charge is 2.35. The van der Waals surface area contributed by atoms with Crippen LogP contribution in [0, 0.1) is 5.92 Å². The Morgan fingerprint density at radius 2 is 2.31 bits per heavy atom. The van der Waals surface area contributed by atoms with Crippen molar-refractivity contribution in [2.75, 3.05) is 18.6 Å². The van der Waals surface area contributed by atoms with Gasteiger partial charge in [0, 0.05) is 29.4 Å². The molecule has 2 unspecified atom stereocenters. The molecule has 0 aromatic heterocycles. The molecule has 76 valence electrons. The van der Waals surface area contributed by atoms with Gasteiger partial charge in [-0.15, -0.1) is 0 Å². The largest absolute Gasteiger partial charge is 0.480 e. The van der Waals surface area contributed by atoms with Gasteiger partial charge >= 0.3 is 5.97 Å². The van der Waals surface area contributed by atoms with Crippen LogP contribution in [-0.2, 0) is 15.6 Å². The van der Waals surface area contributed by atoms with Gasteiger partial charge in [0.05, 0.1) is 0 Å². The quantitative estimate of drug-likeness (QED) is 0.631. The van der Waals surface area contributed by atoms with E-state index in [9.17, 15) is 9.00 Å². The van der Waals surface area contributed by atoms with Crippen LogP contribution in [0.3, 0.4) is 0 Å². The van der Waals surface area contributed by atoms with Gasteiger partial charge in [0.2, 0.25) is 0 Å². The van der Waals surface area contributed by atoms with Crippen molar-refractivity contribution in [3.8, 4) is 0 Å². The van der Waals surface area contributed by atoms with E-state index in [4.69, 9.17) is 5.11 Å². The molecular formula is C8H15NO3S. The lowest BCUT2D eigenvalue weighted by atomic mass is 10.2. The van der Waals surface area contributed by atoms with Crippen molar-refractivity contribution in [3.63, 3.8) is 0 Å². The summed E-state index contributed by atoms with van der Waals surface area (Å²) in [4.78, 5) is 10.7. The fourth-order valence-corrected chi connectivity index (χ4v) is 1.65. The van der Waals surface area contributed by atoms with Crippen LogP contribution in [-0.4, -0.2) is 39.9 Å². The molecule has 0 saturated heterocycles.